The van der Waals surface area contributed by atoms with E-state index in [0.717, 1.165) is 70.6 Å². The molecule has 3 heterocycles. The highest BCUT2D eigenvalue weighted by Crippen LogP contribution is 2.33. The van der Waals surface area contributed by atoms with Crippen LogP contribution in [-0.2, 0) is 33.2 Å². The van der Waals surface area contributed by atoms with Gasteiger partial charge in [-0.3, -0.25) is 4.79 Å². The van der Waals surface area contributed by atoms with Crippen molar-refractivity contribution in [3.8, 4) is 0 Å². The number of allylic oxidation sites excluding steroid dienone is 13. The van der Waals surface area contributed by atoms with Crippen LogP contribution in [0.15, 0.2) is 85.1 Å². The number of aliphatic hydroxyl groups excluding tert-OH is 11. The van der Waals surface area contributed by atoms with Gasteiger partial charge >= 0.3 is 0 Å². The molecule has 12 N–H and O–H groups in total. The molecule has 1 amide bonds. The van der Waals surface area contributed by atoms with Crippen LogP contribution < -0.4 is 5.32 Å². The van der Waals surface area contributed by atoms with Crippen molar-refractivity contribution in [1.82, 2.24) is 5.32 Å². The molecule has 19 nitrogen and oxygen atoms in total. The maximum Gasteiger partial charge on any atom is 0.220 e. The molecule has 0 saturated carbocycles. The van der Waals surface area contributed by atoms with Crippen LogP contribution in [0.4, 0.5) is 0 Å². The van der Waals surface area contributed by atoms with E-state index >= 15 is 0 Å². The van der Waals surface area contributed by atoms with Crippen molar-refractivity contribution >= 4 is 5.91 Å². The molecule has 0 spiro atoms. The van der Waals surface area contributed by atoms with Crippen LogP contribution in [-0.4, -0.2) is 193 Å². The van der Waals surface area contributed by atoms with Gasteiger partial charge in [-0.05, 0) is 77.0 Å². The SMILES string of the molecule is CC/C=C\C/C=C\C/C=C\C/C=C\CCCCCCCCCCCCCCCCCCC(=O)NC(COC1OC(CO)C(OC2OC(CO)C(OC3OC(CO)C(O)C(O)C3O)C(O)C2O)C(O)C1O)C(O)/C=C/CC/C=C/CC/C=C/CCCC. The minimum atomic E-state index is -1.98. The summed E-state index contributed by atoms with van der Waals surface area (Å²) >= 11 is 0. The average Bonchev–Trinajstić information content (AvgIpc) is 2.62. The molecule has 3 rings (SSSR count). The molecule has 0 bridgehead atoms. The summed E-state index contributed by atoms with van der Waals surface area (Å²) in [6, 6.07) is -0.999. The van der Waals surface area contributed by atoms with Gasteiger partial charge in [-0.2, -0.15) is 0 Å². The van der Waals surface area contributed by atoms with Gasteiger partial charge in [-0.15, -0.1) is 0 Å². The standard InChI is InChI=1S/C67H115NO18/c1-3-5-7-9-11-13-15-17-18-19-20-21-22-23-24-25-26-27-28-29-30-31-32-33-35-37-39-41-43-45-55(73)68-50(51(72)44-42-40-38-36-34-16-14-12-10-8-6-4-2)49-81-65-61(79)58(76)63(53(47-70)83-65)86-67-62(80)59(77)64(54(48-71)84-67)85-66-60(78)57(75)56(74)52(46-69)82-66/h5,7,10-13,17-18,20-21,34,36,42,44,50-54,56-67,69-72,74-80H,3-4,6,8-9,14-16,19,22-33,35,37-41,43,45-49H2,1-2H3,(H,68,73)/b7-5-,12-10+,13-11-,18-17-,21-20-,36-34+,44-42+. The minimum Gasteiger partial charge on any atom is -0.394 e. The van der Waals surface area contributed by atoms with Crippen LogP contribution >= 0.6 is 0 Å². The number of hydrogen-bond donors (Lipinski definition) is 12. The van der Waals surface area contributed by atoms with Crippen LogP contribution in [0.2, 0.25) is 0 Å². The molecule has 3 aliphatic rings. The Hall–Kier alpha value is -3.03. The van der Waals surface area contributed by atoms with E-state index in [0.29, 0.717) is 12.8 Å². The van der Waals surface area contributed by atoms with Gasteiger partial charge in [-0.25, -0.2) is 0 Å². The molecule has 17 unspecified atom stereocenters. The molecule has 19 heteroatoms. The Morgan fingerprint density at radius 1 is 0.430 bits per heavy atom. The van der Waals surface area contributed by atoms with Gasteiger partial charge in [0, 0.05) is 6.42 Å². The number of carbonyl (C=O) groups excluding carboxylic acids is 1. The highest BCUT2D eigenvalue weighted by atomic mass is 16.8. The number of carbonyl (C=O) groups is 1. The molecular weight excluding hydrogens is 1110 g/mol. The fraction of sp³-hybridized carbons (Fsp3) is 0.776. The van der Waals surface area contributed by atoms with Crippen LogP contribution in [0.1, 0.15) is 200 Å². The Bertz CT molecular complexity index is 1890. The monoisotopic (exact) mass is 1220 g/mol. The minimum absolute atomic E-state index is 0.228. The molecular formula is C67H115NO18. The summed E-state index contributed by atoms with van der Waals surface area (Å²) in [6.07, 6.45) is 34.4. The van der Waals surface area contributed by atoms with Crippen LogP contribution in [0.5, 0.6) is 0 Å². The smallest absolute Gasteiger partial charge is 0.220 e. The Kier molecular flexibility index (Phi) is 43.8. The van der Waals surface area contributed by atoms with Crippen LogP contribution in [0.3, 0.4) is 0 Å². The summed E-state index contributed by atoms with van der Waals surface area (Å²) in [4.78, 5) is 13.4. The van der Waals surface area contributed by atoms with E-state index in [1.54, 1.807) is 6.08 Å². The molecule has 17 atom stereocenters. The lowest BCUT2D eigenvalue weighted by atomic mass is 9.96. The number of hydrogen-bond acceptors (Lipinski definition) is 18. The fourth-order valence-corrected chi connectivity index (χ4v) is 10.6. The second kappa shape index (κ2) is 48.8. The highest BCUT2D eigenvalue weighted by molar-refractivity contribution is 5.76. The van der Waals surface area contributed by atoms with E-state index in [1.807, 2.05) is 6.08 Å². The predicted octanol–water partition coefficient (Wildman–Crippen LogP) is 7.54. The van der Waals surface area contributed by atoms with Gasteiger partial charge in [0.15, 0.2) is 18.9 Å². The Morgan fingerprint density at radius 2 is 0.814 bits per heavy atom. The van der Waals surface area contributed by atoms with E-state index in [1.165, 1.54) is 96.3 Å². The summed E-state index contributed by atoms with van der Waals surface area (Å²) in [6.45, 7) is 1.52. The first-order valence-corrected chi connectivity index (χ1v) is 32.8. The number of nitrogens with one attached hydrogen (secondary N) is 1. The number of amides is 1. The summed E-state index contributed by atoms with van der Waals surface area (Å²) < 4.78 is 34.2. The third-order valence-electron chi connectivity index (χ3n) is 15.9. The molecule has 0 aromatic heterocycles. The topological polar surface area (TPSA) is 307 Å². The zero-order chi connectivity index (χ0) is 62.6. The Morgan fingerprint density at radius 3 is 1.30 bits per heavy atom. The lowest BCUT2D eigenvalue weighted by Gasteiger charge is -2.48. The number of rotatable bonds is 48. The van der Waals surface area contributed by atoms with Gasteiger partial charge in [0.05, 0.1) is 38.6 Å². The highest BCUT2D eigenvalue weighted by Gasteiger charge is 2.53. The van der Waals surface area contributed by atoms with Crippen molar-refractivity contribution < 1.29 is 89.4 Å². The first-order chi connectivity index (χ1) is 41.8. The van der Waals surface area contributed by atoms with Gasteiger partial charge in [0.25, 0.3) is 0 Å². The van der Waals surface area contributed by atoms with E-state index in [2.05, 4.69) is 92.1 Å². The van der Waals surface area contributed by atoms with Crippen molar-refractivity contribution in [1.29, 1.82) is 0 Å². The van der Waals surface area contributed by atoms with Gasteiger partial charge in [0.1, 0.15) is 73.2 Å². The molecule has 0 aromatic carbocycles. The quantitative estimate of drug-likeness (QED) is 0.0207. The van der Waals surface area contributed by atoms with Crippen molar-refractivity contribution in [3.63, 3.8) is 0 Å². The second-order valence-corrected chi connectivity index (χ2v) is 23.2. The van der Waals surface area contributed by atoms with E-state index in [4.69, 9.17) is 28.4 Å². The molecule has 86 heavy (non-hydrogen) atoms. The van der Waals surface area contributed by atoms with Gasteiger partial charge in [0.2, 0.25) is 5.91 Å². The predicted molar refractivity (Wildman–Crippen MR) is 332 cm³/mol. The lowest BCUT2D eigenvalue weighted by molar-refractivity contribution is -0.379. The second-order valence-electron chi connectivity index (χ2n) is 23.2. The summed E-state index contributed by atoms with van der Waals surface area (Å²) in [7, 11) is 0. The van der Waals surface area contributed by atoms with Crippen LogP contribution in [0, 0.1) is 0 Å². The fourth-order valence-electron chi connectivity index (χ4n) is 10.6. The number of unbranched alkanes of at least 4 members (excludes halogenated alkanes) is 20. The van der Waals surface area contributed by atoms with E-state index in [9.17, 15) is 61.0 Å². The number of ether oxygens (including phenoxy) is 6. The Labute approximate surface area is 514 Å². The van der Waals surface area contributed by atoms with Crippen molar-refractivity contribution in [2.75, 3.05) is 26.4 Å². The zero-order valence-electron chi connectivity index (χ0n) is 52.0. The average molecular weight is 1220 g/mol. The summed E-state index contributed by atoms with van der Waals surface area (Å²) in [5, 5.41) is 120. The third-order valence-corrected chi connectivity index (χ3v) is 15.9. The van der Waals surface area contributed by atoms with Crippen molar-refractivity contribution in [2.24, 2.45) is 0 Å². The maximum atomic E-state index is 13.4. The van der Waals surface area contributed by atoms with E-state index < -0.39 is 124 Å². The van der Waals surface area contributed by atoms with Gasteiger partial charge in [-0.1, -0.05) is 202 Å². The molecule has 0 aliphatic carbocycles. The number of aliphatic hydroxyl groups is 11. The van der Waals surface area contributed by atoms with Crippen molar-refractivity contribution in [2.45, 2.75) is 304 Å². The van der Waals surface area contributed by atoms with E-state index in [-0.39, 0.29) is 18.9 Å². The third kappa shape index (κ3) is 31.1. The molecule has 3 aliphatic heterocycles. The van der Waals surface area contributed by atoms with Gasteiger partial charge < -0.3 is 89.9 Å². The zero-order valence-corrected chi connectivity index (χ0v) is 52.0. The molecule has 3 saturated heterocycles. The molecule has 0 radical (unpaired) electrons. The van der Waals surface area contributed by atoms with Crippen molar-refractivity contribution in [3.05, 3.63) is 85.1 Å². The first-order valence-electron chi connectivity index (χ1n) is 32.8. The first kappa shape index (κ1) is 77.2. The summed E-state index contributed by atoms with van der Waals surface area (Å²) in [5.74, 6) is -0.294. The Balaban J connectivity index is 1.40. The lowest BCUT2D eigenvalue weighted by Crippen LogP contribution is -2.66. The largest absolute Gasteiger partial charge is 0.394 e. The molecule has 0 aromatic rings. The molecule has 3 fully saturated rings. The summed E-state index contributed by atoms with van der Waals surface area (Å²) in [5.41, 5.74) is 0. The maximum absolute atomic E-state index is 13.4. The molecule has 496 valence electrons. The van der Waals surface area contributed by atoms with Crippen LogP contribution in [0.25, 0.3) is 0 Å². The normalized spacial score (nSPS) is 29.3.